The Kier molecular flexibility index (Phi) is 10.1. The molecule has 3 heterocycles. The summed E-state index contributed by atoms with van der Waals surface area (Å²) in [5.74, 6) is 0.305. The highest BCUT2D eigenvalue weighted by molar-refractivity contribution is 5.81. The maximum absolute atomic E-state index is 12.4. The van der Waals surface area contributed by atoms with Gasteiger partial charge in [-0.05, 0) is 36.6 Å². The molecule has 182 valence electrons. The van der Waals surface area contributed by atoms with Crippen LogP contribution in [0.15, 0.2) is 52.1 Å². The summed E-state index contributed by atoms with van der Waals surface area (Å²) in [6, 6.07) is 7.00. The molecule has 0 aliphatic rings. The standard InChI is InChI=1S/C27H34N2O5/c1-20(2)26(30)33-16-10-8-6-4-3-5-7-9-15-32-25-18-24-22(19-29-25)17-23(27(31)34-24)21-11-13-28-14-12-21/h11-14,17-20H,3-10,15-16H2,1-2H3. The molecule has 0 spiro atoms. The summed E-state index contributed by atoms with van der Waals surface area (Å²) in [4.78, 5) is 32.1. The SMILES string of the molecule is CC(C)C(=O)OCCCCCCCCCCOc1cc2oc(=O)c(-c3ccncc3)cc2cn1. The monoisotopic (exact) mass is 466 g/mol. The number of unbranched alkanes of at least 4 members (excludes halogenated alkanes) is 7. The normalized spacial score (nSPS) is 11.1. The van der Waals surface area contributed by atoms with Gasteiger partial charge in [-0.15, -0.1) is 0 Å². The molecule has 0 saturated carbocycles. The van der Waals surface area contributed by atoms with Gasteiger partial charge in [0.15, 0.2) is 0 Å². The number of esters is 1. The van der Waals surface area contributed by atoms with Crippen molar-refractivity contribution in [3.05, 3.63) is 53.3 Å². The van der Waals surface area contributed by atoms with Gasteiger partial charge in [0, 0.05) is 30.0 Å². The second kappa shape index (κ2) is 13.5. The first-order valence-corrected chi connectivity index (χ1v) is 12.2. The highest BCUT2D eigenvalue weighted by atomic mass is 16.5. The molecule has 34 heavy (non-hydrogen) atoms. The second-order valence-electron chi connectivity index (χ2n) is 8.74. The molecule has 0 aromatic carbocycles. The molecular weight excluding hydrogens is 432 g/mol. The van der Waals surface area contributed by atoms with E-state index in [1.165, 1.54) is 25.7 Å². The van der Waals surface area contributed by atoms with E-state index in [4.69, 9.17) is 13.9 Å². The molecule has 7 heteroatoms. The Bertz CT molecular complexity index is 1100. The fourth-order valence-corrected chi connectivity index (χ4v) is 3.59. The average molecular weight is 467 g/mol. The predicted octanol–water partition coefficient (Wildman–Crippen LogP) is 5.95. The number of ether oxygens (including phenoxy) is 2. The van der Waals surface area contributed by atoms with Crippen LogP contribution < -0.4 is 10.4 Å². The summed E-state index contributed by atoms with van der Waals surface area (Å²) < 4.78 is 16.4. The molecule has 3 aromatic rings. The van der Waals surface area contributed by atoms with Gasteiger partial charge in [0.05, 0.1) is 24.7 Å². The number of carbonyl (C=O) groups is 1. The molecule has 0 saturated heterocycles. The highest BCUT2D eigenvalue weighted by Crippen LogP contribution is 2.22. The lowest BCUT2D eigenvalue weighted by atomic mass is 10.1. The third kappa shape index (κ3) is 7.97. The summed E-state index contributed by atoms with van der Waals surface area (Å²) in [6.45, 7) is 4.82. The van der Waals surface area contributed by atoms with Gasteiger partial charge in [0.1, 0.15) is 5.58 Å². The number of nitrogens with zero attached hydrogens (tertiary/aromatic N) is 2. The Labute approximate surface area is 200 Å². The maximum atomic E-state index is 12.4. The average Bonchev–Trinajstić information content (AvgIpc) is 2.84. The van der Waals surface area contributed by atoms with Gasteiger partial charge in [-0.3, -0.25) is 9.78 Å². The van der Waals surface area contributed by atoms with Crippen LogP contribution >= 0.6 is 0 Å². The Morgan fingerprint density at radius 3 is 2.26 bits per heavy atom. The van der Waals surface area contributed by atoms with Gasteiger partial charge in [-0.1, -0.05) is 52.4 Å². The first kappa shape index (κ1) is 25.4. The van der Waals surface area contributed by atoms with Crippen molar-refractivity contribution in [2.24, 2.45) is 5.92 Å². The molecular formula is C27H34N2O5. The maximum Gasteiger partial charge on any atom is 0.344 e. The van der Waals surface area contributed by atoms with E-state index in [0.717, 1.165) is 36.6 Å². The van der Waals surface area contributed by atoms with Crippen LogP contribution in [-0.4, -0.2) is 29.2 Å². The van der Waals surface area contributed by atoms with Crippen LogP contribution in [0.5, 0.6) is 5.88 Å². The number of hydrogen-bond acceptors (Lipinski definition) is 7. The zero-order valence-corrected chi connectivity index (χ0v) is 20.1. The van der Waals surface area contributed by atoms with Crippen molar-refractivity contribution >= 4 is 16.9 Å². The molecule has 7 nitrogen and oxygen atoms in total. The fraction of sp³-hybridized carbons (Fsp3) is 0.481. The van der Waals surface area contributed by atoms with Gasteiger partial charge >= 0.3 is 11.6 Å². The van der Waals surface area contributed by atoms with Gasteiger partial charge in [0.25, 0.3) is 0 Å². The molecule has 0 aliphatic carbocycles. The van der Waals surface area contributed by atoms with E-state index in [0.29, 0.717) is 30.2 Å². The summed E-state index contributed by atoms with van der Waals surface area (Å²) in [7, 11) is 0. The second-order valence-corrected chi connectivity index (χ2v) is 8.74. The number of carbonyl (C=O) groups excluding carboxylic acids is 1. The predicted molar refractivity (Wildman–Crippen MR) is 132 cm³/mol. The van der Waals surface area contributed by atoms with E-state index in [-0.39, 0.29) is 11.9 Å². The number of rotatable bonds is 14. The summed E-state index contributed by atoms with van der Waals surface area (Å²) in [5.41, 5.74) is 1.32. The van der Waals surface area contributed by atoms with E-state index >= 15 is 0 Å². The number of aromatic nitrogens is 2. The van der Waals surface area contributed by atoms with Crippen molar-refractivity contribution in [2.75, 3.05) is 13.2 Å². The lowest BCUT2D eigenvalue weighted by molar-refractivity contribution is -0.147. The van der Waals surface area contributed by atoms with Crippen LogP contribution in [-0.2, 0) is 9.53 Å². The van der Waals surface area contributed by atoms with Crippen molar-refractivity contribution in [3.63, 3.8) is 0 Å². The smallest absolute Gasteiger partial charge is 0.344 e. The van der Waals surface area contributed by atoms with E-state index < -0.39 is 5.63 Å². The summed E-state index contributed by atoms with van der Waals surface area (Å²) in [5, 5.41) is 0.747. The minimum absolute atomic E-state index is 0.0482. The first-order valence-electron chi connectivity index (χ1n) is 12.2. The first-order chi connectivity index (χ1) is 16.5. The molecule has 3 aromatic heterocycles. The minimum atomic E-state index is -0.396. The fourth-order valence-electron chi connectivity index (χ4n) is 3.59. The van der Waals surface area contributed by atoms with Crippen LogP contribution in [0.3, 0.4) is 0 Å². The Morgan fingerprint density at radius 1 is 0.941 bits per heavy atom. The molecule has 0 unspecified atom stereocenters. The van der Waals surface area contributed by atoms with E-state index in [2.05, 4.69) is 9.97 Å². The highest BCUT2D eigenvalue weighted by Gasteiger charge is 2.09. The Morgan fingerprint density at radius 2 is 1.59 bits per heavy atom. The van der Waals surface area contributed by atoms with Crippen molar-refractivity contribution in [2.45, 2.75) is 65.2 Å². The van der Waals surface area contributed by atoms with Crippen molar-refractivity contribution in [3.8, 4) is 17.0 Å². The van der Waals surface area contributed by atoms with Gasteiger partial charge in [0.2, 0.25) is 5.88 Å². The van der Waals surface area contributed by atoms with E-state index in [1.54, 1.807) is 42.9 Å². The van der Waals surface area contributed by atoms with Crippen LogP contribution in [0.2, 0.25) is 0 Å². The van der Waals surface area contributed by atoms with Gasteiger partial charge in [-0.2, -0.15) is 0 Å². The molecule has 0 amide bonds. The van der Waals surface area contributed by atoms with E-state index in [1.807, 2.05) is 13.8 Å². The zero-order chi connectivity index (χ0) is 24.2. The lowest BCUT2D eigenvalue weighted by Gasteiger charge is -2.07. The number of fused-ring (bicyclic) bond motifs is 1. The number of pyridine rings is 2. The minimum Gasteiger partial charge on any atom is -0.478 e. The molecule has 0 atom stereocenters. The van der Waals surface area contributed by atoms with Crippen molar-refractivity contribution in [1.29, 1.82) is 0 Å². The molecule has 0 aliphatic heterocycles. The van der Waals surface area contributed by atoms with Crippen LogP contribution in [0.25, 0.3) is 22.1 Å². The summed E-state index contributed by atoms with van der Waals surface area (Å²) in [6.07, 6.45) is 13.8. The lowest BCUT2D eigenvalue weighted by Crippen LogP contribution is -2.12. The zero-order valence-electron chi connectivity index (χ0n) is 20.1. The topological polar surface area (TPSA) is 91.5 Å². The van der Waals surface area contributed by atoms with Gasteiger partial charge < -0.3 is 13.9 Å². The quantitative estimate of drug-likeness (QED) is 0.214. The summed E-state index contributed by atoms with van der Waals surface area (Å²) >= 11 is 0. The van der Waals surface area contributed by atoms with Crippen molar-refractivity contribution in [1.82, 2.24) is 9.97 Å². The van der Waals surface area contributed by atoms with Crippen LogP contribution in [0.4, 0.5) is 0 Å². The molecule has 0 N–H and O–H groups in total. The van der Waals surface area contributed by atoms with Crippen molar-refractivity contribution < 1.29 is 18.7 Å². The van der Waals surface area contributed by atoms with Crippen LogP contribution in [0, 0.1) is 5.92 Å². The number of hydrogen-bond donors (Lipinski definition) is 0. The molecule has 0 fully saturated rings. The van der Waals surface area contributed by atoms with Crippen LogP contribution in [0.1, 0.15) is 65.2 Å². The Balaban J connectivity index is 1.30. The third-order valence-corrected chi connectivity index (χ3v) is 5.59. The molecule has 0 radical (unpaired) electrons. The molecule has 3 rings (SSSR count). The van der Waals surface area contributed by atoms with E-state index in [9.17, 15) is 9.59 Å². The Hall–Kier alpha value is -3.22. The van der Waals surface area contributed by atoms with Gasteiger partial charge in [-0.25, -0.2) is 9.78 Å². The third-order valence-electron chi connectivity index (χ3n) is 5.59. The largest absolute Gasteiger partial charge is 0.478 e. The molecule has 0 bridgehead atoms.